The highest BCUT2D eigenvalue weighted by atomic mass is 28.4. The van der Waals surface area contributed by atoms with Gasteiger partial charge in [-0.25, -0.2) is 0 Å². The standard InChI is InChI=1S/C9H9F2NSi/c1-2-13(10,11)9-5-3-4-8(6-9)7-12/h3-6H,2H2,1H3. The van der Waals surface area contributed by atoms with Crippen LogP contribution in [-0.4, -0.2) is 8.74 Å². The van der Waals surface area contributed by atoms with Crippen LogP contribution in [0.25, 0.3) is 0 Å². The number of nitrogens with zero attached hydrogens (tertiary/aromatic N) is 1. The molecule has 0 fully saturated rings. The Bertz CT molecular complexity index is 344. The Morgan fingerprint density at radius 1 is 1.46 bits per heavy atom. The molecule has 0 heterocycles. The van der Waals surface area contributed by atoms with Gasteiger partial charge in [0.1, 0.15) is 0 Å². The summed E-state index contributed by atoms with van der Waals surface area (Å²) < 4.78 is 26.5. The van der Waals surface area contributed by atoms with E-state index in [2.05, 4.69) is 0 Å². The van der Waals surface area contributed by atoms with Crippen molar-refractivity contribution in [2.45, 2.75) is 13.0 Å². The molecule has 0 unspecified atom stereocenters. The van der Waals surface area contributed by atoms with Crippen LogP contribution >= 0.6 is 0 Å². The van der Waals surface area contributed by atoms with Gasteiger partial charge in [-0.3, -0.25) is 8.22 Å². The molecule has 0 aliphatic rings. The third-order valence-corrected chi connectivity index (χ3v) is 3.90. The minimum Gasteiger partial charge on any atom is -0.265 e. The smallest absolute Gasteiger partial charge is 0.265 e. The van der Waals surface area contributed by atoms with E-state index in [-0.39, 0.29) is 11.2 Å². The second-order valence-corrected chi connectivity index (χ2v) is 5.44. The third-order valence-electron chi connectivity index (χ3n) is 1.86. The van der Waals surface area contributed by atoms with E-state index in [0.29, 0.717) is 5.56 Å². The molecule has 0 aromatic heterocycles. The fourth-order valence-corrected chi connectivity index (χ4v) is 2.14. The maximum absolute atomic E-state index is 13.2. The molecule has 0 atom stereocenters. The first-order valence-corrected chi connectivity index (χ1v) is 5.95. The first-order valence-electron chi connectivity index (χ1n) is 3.98. The highest BCUT2D eigenvalue weighted by Gasteiger charge is 2.35. The van der Waals surface area contributed by atoms with E-state index in [4.69, 9.17) is 5.26 Å². The van der Waals surface area contributed by atoms with Crippen molar-refractivity contribution < 1.29 is 8.22 Å². The average Bonchev–Trinajstić information content (AvgIpc) is 2.18. The molecular weight excluding hydrogens is 188 g/mol. The minimum atomic E-state index is -4.25. The first kappa shape index (κ1) is 9.87. The van der Waals surface area contributed by atoms with Crippen molar-refractivity contribution in [1.82, 2.24) is 0 Å². The van der Waals surface area contributed by atoms with Gasteiger partial charge in [0.2, 0.25) is 0 Å². The van der Waals surface area contributed by atoms with Gasteiger partial charge in [0.05, 0.1) is 11.6 Å². The zero-order valence-electron chi connectivity index (χ0n) is 7.22. The Hall–Kier alpha value is -1.21. The molecular formula is C9H9F2NSi. The molecule has 0 N–H and O–H groups in total. The van der Waals surface area contributed by atoms with E-state index in [9.17, 15) is 8.22 Å². The van der Waals surface area contributed by atoms with E-state index in [1.165, 1.54) is 31.2 Å². The van der Waals surface area contributed by atoms with E-state index < -0.39 is 8.74 Å². The molecule has 0 amide bonds. The maximum atomic E-state index is 13.2. The molecule has 0 spiro atoms. The summed E-state index contributed by atoms with van der Waals surface area (Å²) in [4.78, 5) is 0. The van der Waals surface area contributed by atoms with Crippen LogP contribution in [0.2, 0.25) is 6.04 Å². The van der Waals surface area contributed by atoms with Crippen molar-refractivity contribution >= 4 is 13.9 Å². The predicted molar refractivity (Wildman–Crippen MR) is 49.2 cm³/mol. The largest absolute Gasteiger partial charge is 0.455 e. The van der Waals surface area contributed by atoms with Crippen molar-refractivity contribution in [3.63, 3.8) is 0 Å². The van der Waals surface area contributed by atoms with E-state index in [1.807, 2.05) is 6.07 Å². The molecule has 0 saturated heterocycles. The summed E-state index contributed by atoms with van der Waals surface area (Å²) in [5.41, 5.74) is 0.304. The summed E-state index contributed by atoms with van der Waals surface area (Å²) in [6, 6.07) is 7.47. The Morgan fingerprint density at radius 3 is 2.69 bits per heavy atom. The van der Waals surface area contributed by atoms with Crippen molar-refractivity contribution in [1.29, 1.82) is 5.26 Å². The summed E-state index contributed by atoms with van der Waals surface area (Å²) in [6.07, 6.45) is 0. The summed E-state index contributed by atoms with van der Waals surface area (Å²) in [7, 11) is -4.25. The van der Waals surface area contributed by atoms with Crippen LogP contribution in [0.15, 0.2) is 24.3 Å². The molecule has 13 heavy (non-hydrogen) atoms. The van der Waals surface area contributed by atoms with E-state index in [1.54, 1.807) is 0 Å². The number of hydrogen-bond donors (Lipinski definition) is 0. The van der Waals surface area contributed by atoms with Gasteiger partial charge in [0.25, 0.3) is 0 Å². The molecule has 0 radical (unpaired) electrons. The molecule has 0 bridgehead atoms. The Labute approximate surface area is 77.0 Å². The third kappa shape index (κ3) is 2.13. The maximum Gasteiger partial charge on any atom is 0.455 e. The Kier molecular flexibility index (Phi) is 2.78. The van der Waals surface area contributed by atoms with Gasteiger partial charge in [-0.1, -0.05) is 19.1 Å². The van der Waals surface area contributed by atoms with E-state index in [0.717, 1.165) is 0 Å². The zero-order valence-corrected chi connectivity index (χ0v) is 8.22. The number of halogens is 2. The minimum absolute atomic E-state index is 0.0500. The predicted octanol–water partition coefficient (Wildman–Crippen LogP) is 2.17. The van der Waals surface area contributed by atoms with Gasteiger partial charge in [-0.2, -0.15) is 5.26 Å². The van der Waals surface area contributed by atoms with Gasteiger partial charge in [-0.05, 0) is 18.2 Å². The number of benzene rings is 1. The molecule has 0 aliphatic carbocycles. The van der Waals surface area contributed by atoms with Crippen molar-refractivity contribution in [3.8, 4) is 6.07 Å². The highest BCUT2D eigenvalue weighted by molar-refractivity contribution is 6.79. The van der Waals surface area contributed by atoms with Crippen LogP contribution in [0.5, 0.6) is 0 Å². The van der Waals surface area contributed by atoms with Gasteiger partial charge in [0, 0.05) is 5.19 Å². The second kappa shape index (κ2) is 3.67. The van der Waals surface area contributed by atoms with Crippen molar-refractivity contribution in [2.24, 2.45) is 0 Å². The number of hydrogen-bond acceptors (Lipinski definition) is 1. The van der Waals surface area contributed by atoms with Gasteiger partial charge in [-0.15, -0.1) is 0 Å². The molecule has 0 saturated carbocycles. The average molecular weight is 197 g/mol. The lowest BCUT2D eigenvalue weighted by Gasteiger charge is -2.09. The molecule has 1 nitrogen and oxygen atoms in total. The number of nitriles is 1. The second-order valence-electron chi connectivity index (χ2n) is 2.75. The van der Waals surface area contributed by atoms with Crippen molar-refractivity contribution in [2.75, 3.05) is 0 Å². The van der Waals surface area contributed by atoms with Crippen LogP contribution in [-0.2, 0) is 0 Å². The first-order chi connectivity index (χ1) is 6.10. The van der Waals surface area contributed by atoms with Crippen LogP contribution in [0, 0.1) is 11.3 Å². The SMILES string of the molecule is CC[Si](F)(F)c1cccc(C#N)c1. The highest BCUT2D eigenvalue weighted by Crippen LogP contribution is 2.13. The molecule has 4 heteroatoms. The topological polar surface area (TPSA) is 23.8 Å². The monoisotopic (exact) mass is 197 g/mol. The Morgan fingerprint density at radius 2 is 2.15 bits per heavy atom. The molecule has 68 valence electrons. The zero-order chi connectivity index (χ0) is 9.90. The molecule has 1 aromatic carbocycles. The van der Waals surface area contributed by atoms with Crippen molar-refractivity contribution in [3.05, 3.63) is 29.8 Å². The molecule has 1 aromatic rings. The fraction of sp³-hybridized carbons (Fsp3) is 0.222. The molecule has 1 rings (SSSR count). The number of rotatable bonds is 2. The van der Waals surface area contributed by atoms with Crippen LogP contribution in [0.3, 0.4) is 0 Å². The van der Waals surface area contributed by atoms with E-state index >= 15 is 0 Å². The fourth-order valence-electron chi connectivity index (χ4n) is 1.02. The van der Waals surface area contributed by atoms with Gasteiger partial charge in [0.15, 0.2) is 0 Å². The van der Waals surface area contributed by atoms with Crippen LogP contribution in [0.4, 0.5) is 8.22 Å². The summed E-state index contributed by atoms with van der Waals surface area (Å²) >= 11 is 0. The lowest BCUT2D eigenvalue weighted by atomic mass is 10.2. The Balaban J connectivity index is 3.10. The van der Waals surface area contributed by atoms with Crippen LogP contribution in [0.1, 0.15) is 12.5 Å². The van der Waals surface area contributed by atoms with Gasteiger partial charge >= 0.3 is 8.74 Å². The normalized spacial score (nSPS) is 10.9. The summed E-state index contributed by atoms with van der Waals surface area (Å²) in [6.45, 7) is 1.48. The summed E-state index contributed by atoms with van der Waals surface area (Å²) in [5.74, 6) is 0. The molecule has 0 aliphatic heterocycles. The lowest BCUT2D eigenvalue weighted by Crippen LogP contribution is -2.38. The quantitative estimate of drug-likeness (QED) is 0.526. The van der Waals surface area contributed by atoms with Crippen LogP contribution < -0.4 is 5.19 Å². The lowest BCUT2D eigenvalue weighted by molar-refractivity contribution is 0.625. The van der Waals surface area contributed by atoms with Gasteiger partial charge < -0.3 is 0 Å². The summed E-state index contributed by atoms with van der Waals surface area (Å²) in [5, 5.41) is 8.57.